The lowest BCUT2D eigenvalue weighted by molar-refractivity contribution is 0.0593. The van der Waals surface area contributed by atoms with Crippen LogP contribution in [0.15, 0.2) is 42.7 Å². The average Bonchev–Trinajstić information content (AvgIpc) is 2.47. The zero-order chi connectivity index (χ0) is 13.7. The average molecular weight is 257 g/mol. The lowest BCUT2D eigenvalue weighted by Gasteiger charge is -2.14. The minimum absolute atomic E-state index is 0.0726. The topological polar surface area (TPSA) is 64.1 Å². The highest BCUT2D eigenvalue weighted by molar-refractivity contribution is 5.87. The summed E-state index contributed by atoms with van der Waals surface area (Å²) in [6.07, 6.45) is 2.95. The molecule has 0 saturated heterocycles. The predicted molar refractivity (Wildman–Crippen MR) is 71.9 cm³/mol. The van der Waals surface area contributed by atoms with Gasteiger partial charge in [0.25, 0.3) is 0 Å². The number of nitrogens with zero attached hydrogens (tertiary/aromatic N) is 2. The van der Waals surface area contributed by atoms with E-state index in [-0.39, 0.29) is 11.7 Å². The molecule has 0 amide bonds. The standard InChI is InChI=1S/C14H15N3O2/c1-10(11-6-4-3-5-7-11)16-13-9-15-8-12(17-13)14(18)19-2/h3-10H,1-2H3,(H,16,17). The Labute approximate surface area is 111 Å². The van der Waals surface area contributed by atoms with Crippen LogP contribution in [0.2, 0.25) is 0 Å². The number of hydrogen-bond donors (Lipinski definition) is 1. The van der Waals surface area contributed by atoms with Crippen molar-refractivity contribution < 1.29 is 9.53 Å². The summed E-state index contributed by atoms with van der Waals surface area (Å²) in [6.45, 7) is 2.02. The van der Waals surface area contributed by atoms with Crippen molar-refractivity contribution in [3.05, 3.63) is 54.0 Å². The summed E-state index contributed by atoms with van der Waals surface area (Å²) >= 11 is 0. The monoisotopic (exact) mass is 257 g/mol. The van der Waals surface area contributed by atoms with Gasteiger partial charge in [-0.15, -0.1) is 0 Å². The second kappa shape index (κ2) is 5.95. The number of methoxy groups -OCH3 is 1. The van der Waals surface area contributed by atoms with Gasteiger partial charge in [0, 0.05) is 6.04 Å². The Morgan fingerprint density at radius 1 is 1.26 bits per heavy atom. The van der Waals surface area contributed by atoms with Crippen LogP contribution < -0.4 is 5.32 Å². The van der Waals surface area contributed by atoms with Crippen molar-refractivity contribution in [1.29, 1.82) is 0 Å². The van der Waals surface area contributed by atoms with Crippen molar-refractivity contribution in [2.24, 2.45) is 0 Å². The zero-order valence-electron chi connectivity index (χ0n) is 10.8. The van der Waals surface area contributed by atoms with E-state index in [4.69, 9.17) is 0 Å². The quantitative estimate of drug-likeness (QED) is 0.852. The number of esters is 1. The summed E-state index contributed by atoms with van der Waals surface area (Å²) < 4.78 is 4.61. The van der Waals surface area contributed by atoms with Gasteiger partial charge in [-0.25, -0.2) is 9.78 Å². The molecule has 0 aliphatic carbocycles. The van der Waals surface area contributed by atoms with Gasteiger partial charge in [0.2, 0.25) is 0 Å². The lowest BCUT2D eigenvalue weighted by Crippen LogP contribution is -2.11. The van der Waals surface area contributed by atoms with E-state index in [0.717, 1.165) is 5.56 Å². The fraction of sp³-hybridized carbons (Fsp3) is 0.214. The van der Waals surface area contributed by atoms with Gasteiger partial charge in [-0.1, -0.05) is 30.3 Å². The fourth-order valence-corrected chi connectivity index (χ4v) is 1.69. The Morgan fingerprint density at radius 3 is 2.68 bits per heavy atom. The first-order valence-corrected chi connectivity index (χ1v) is 5.92. The van der Waals surface area contributed by atoms with Gasteiger partial charge < -0.3 is 10.1 Å². The predicted octanol–water partition coefficient (Wildman–Crippen LogP) is 2.44. The maximum atomic E-state index is 11.4. The number of aromatic nitrogens is 2. The van der Waals surface area contributed by atoms with Crippen molar-refractivity contribution in [3.63, 3.8) is 0 Å². The van der Waals surface area contributed by atoms with E-state index in [9.17, 15) is 4.79 Å². The Bertz CT molecular complexity index is 558. The van der Waals surface area contributed by atoms with Crippen LogP contribution in [0.25, 0.3) is 0 Å². The zero-order valence-corrected chi connectivity index (χ0v) is 10.8. The van der Waals surface area contributed by atoms with Gasteiger partial charge in [0.1, 0.15) is 5.82 Å². The first-order chi connectivity index (χ1) is 9.20. The molecule has 1 unspecified atom stereocenters. The summed E-state index contributed by atoms with van der Waals surface area (Å²) in [5.41, 5.74) is 1.32. The number of nitrogens with one attached hydrogen (secondary N) is 1. The van der Waals surface area contributed by atoms with Gasteiger partial charge in [-0.3, -0.25) is 4.98 Å². The molecule has 0 spiro atoms. The third-order valence-electron chi connectivity index (χ3n) is 2.69. The molecule has 5 heteroatoms. The number of carbonyl (C=O) groups is 1. The molecule has 0 saturated carbocycles. The number of benzene rings is 1. The molecule has 1 aromatic carbocycles. The highest BCUT2D eigenvalue weighted by atomic mass is 16.5. The van der Waals surface area contributed by atoms with Crippen molar-refractivity contribution in [3.8, 4) is 0 Å². The Hall–Kier alpha value is -2.43. The van der Waals surface area contributed by atoms with E-state index in [0.29, 0.717) is 5.82 Å². The van der Waals surface area contributed by atoms with Gasteiger partial charge in [0.05, 0.1) is 19.5 Å². The Morgan fingerprint density at radius 2 is 2.00 bits per heavy atom. The molecular formula is C14H15N3O2. The summed E-state index contributed by atoms with van der Waals surface area (Å²) in [4.78, 5) is 19.5. The third-order valence-corrected chi connectivity index (χ3v) is 2.69. The molecule has 19 heavy (non-hydrogen) atoms. The second-order valence-corrected chi connectivity index (χ2v) is 4.06. The van der Waals surface area contributed by atoms with Crippen molar-refractivity contribution in [2.75, 3.05) is 12.4 Å². The van der Waals surface area contributed by atoms with E-state index in [1.807, 2.05) is 37.3 Å². The van der Waals surface area contributed by atoms with E-state index in [1.54, 1.807) is 6.20 Å². The Kier molecular flexibility index (Phi) is 4.07. The second-order valence-electron chi connectivity index (χ2n) is 4.06. The first-order valence-electron chi connectivity index (χ1n) is 5.92. The van der Waals surface area contributed by atoms with E-state index in [2.05, 4.69) is 20.0 Å². The molecule has 98 valence electrons. The van der Waals surface area contributed by atoms with E-state index < -0.39 is 5.97 Å². The largest absolute Gasteiger partial charge is 0.464 e. The molecule has 1 aromatic heterocycles. The van der Waals surface area contributed by atoms with Crippen molar-refractivity contribution in [2.45, 2.75) is 13.0 Å². The maximum Gasteiger partial charge on any atom is 0.358 e. The number of hydrogen-bond acceptors (Lipinski definition) is 5. The first kappa shape index (κ1) is 13.0. The molecule has 2 rings (SSSR count). The molecule has 0 bridgehead atoms. The molecule has 0 fully saturated rings. The fourth-order valence-electron chi connectivity index (χ4n) is 1.69. The Balaban J connectivity index is 2.13. The lowest BCUT2D eigenvalue weighted by atomic mass is 10.1. The summed E-state index contributed by atoms with van der Waals surface area (Å²) in [5, 5.41) is 3.20. The summed E-state index contributed by atoms with van der Waals surface area (Å²) in [7, 11) is 1.32. The molecule has 5 nitrogen and oxygen atoms in total. The van der Waals surface area contributed by atoms with Crippen LogP contribution >= 0.6 is 0 Å². The number of rotatable bonds is 4. The smallest absolute Gasteiger partial charge is 0.358 e. The normalized spacial score (nSPS) is 11.7. The van der Waals surface area contributed by atoms with Gasteiger partial charge in [-0.05, 0) is 12.5 Å². The van der Waals surface area contributed by atoms with Crippen LogP contribution in [-0.2, 0) is 4.74 Å². The molecular weight excluding hydrogens is 242 g/mol. The highest BCUT2D eigenvalue weighted by Gasteiger charge is 2.10. The maximum absolute atomic E-state index is 11.4. The molecule has 0 aliphatic rings. The number of ether oxygens (including phenoxy) is 1. The molecule has 1 atom stereocenters. The van der Waals surface area contributed by atoms with Gasteiger partial charge >= 0.3 is 5.97 Å². The van der Waals surface area contributed by atoms with Crippen molar-refractivity contribution in [1.82, 2.24) is 9.97 Å². The third kappa shape index (κ3) is 3.28. The van der Waals surface area contributed by atoms with Crippen LogP contribution in [-0.4, -0.2) is 23.0 Å². The number of anilines is 1. The molecule has 1 heterocycles. The van der Waals surface area contributed by atoms with Crippen LogP contribution in [0.1, 0.15) is 29.0 Å². The molecule has 0 radical (unpaired) electrons. The van der Waals surface area contributed by atoms with Crippen LogP contribution in [0.5, 0.6) is 0 Å². The minimum Gasteiger partial charge on any atom is -0.464 e. The minimum atomic E-state index is -0.497. The summed E-state index contributed by atoms with van der Waals surface area (Å²) in [6, 6.07) is 10.0. The van der Waals surface area contributed by atoms with Crippen molar-refractivity contribution >= 4 is 11.8 Å². The van der Waals surface area contributed by atoms with Crippen LogP contribution in [0.4, 0.5) is 5.82 Å². The van der Waals surface area contributed by atoms with Gasteiger partial charge in [0.15, 0.2) is 5.69 Å². The van der Waals surface area contributed by atoms with Gasteiger partial charge in [-0.2, -0.15) is 0 Å². The molecule has 1 N–H and O–H groups in total. The molecule has 2 aromatic rings. The number of carbonyl (C=O) groups excluding carboxylic acids is 1. The highest BCUT2D eigenvalue weighted by Crippen LogP contribution is 2.16. The van der Waals surface area contributed by atoms with E-state index in [1.165, 1.54) is 13.3 Å². The van der Waals surface area contributed by atoms with Crippen LogP contribution in [0.3, 0.4) is 0 Å². The summed E-state index contributed by atoms with van der Waals surface area (Å²) in [5.74, 6) is 0.0442. The van der Waals surface area contributed by atoms with E-state index >= 15 is 0 Å². The SMILES string of the molecule is COC(=O)c1cncc(NC(C)c2ccccc2)n1. The van der Waals surface area contributed by atoms with Crippen LogP contribution in [0, 0.1) is 0 Å². The molecule has 0 aliphatic heterocycles.